The fourth-order valence-corrected chi connectivity index (χ4v) is 1.47. The first-order chi connectivity index (χ1) is 9.29. The van der Waals surface area contributed by atoms with Crippen LogP contribution in [0, 0.1) is 21.7 Å². The SMILES string of the molecule is CCOC(=O)C(O)C(O)c1cc(F)c(F)cc1[N+](=O)[O-]. The fourth-order valence-electron chi connectivity index (χ4n) is 1.47. The minimum Gasteiger partial charge on any atom is -0.464 e. The molecule has 2 atom stereocenters. The van der Waals surface area contributed by atoms with Crippen molar-refractivity contribution in [2.75, 3.05) is 6.61 Å². The van der Waals surface area contributed by atoms with Crippen LogP contribution in [0.15, 0.2) is 12.1 Å². The molecule has 0 amide bonds. The molecule has 0 radical (unpaired) electrons. The highest BCUT2D eigenvalue weighted by Gasteiger charge is 2.33. The van der Waals surface area contributed by atoms with Crippen molar-refractivity contribution in [1.29, 1.82) is 0 Å². The Morgan fingerprint density at radius 1 is 1.40 bits per heavy atom. The average molecular weight is 291 g/mol. The summed E-state index contributed by atoms with van der Waals surface area (Å²) in [6.07, 6.45) is -4.27. The van der Waals surface area contributed by atoms with E-state index in [4.69, 9.17) is 0 Å². The first-order valence-corrected chi connectivity index (χ1v) is 5.45. The van der Waals surface area contributed by atoms with E-state index in [1.54, 1.807) is 0 Å². The van der Waals surface area contributed by atoms with Crippen LogP contribution in [-0.2, 0) is 9.53 Å². The Kier molecular flexibility index (Phi) is 5.06. The number of carbonyl (C=O) groups excluding carboxylic acids is 1. The number of nitrogens with zero attached hydrogens (tertiary/aromatic N) is 1. The second-order valence-electron chi connectivity index (χ2n) is 3.72. The monoisotopic (exact) mass is 291 g/mol. The van der Waals surface area contributed by atoms with Crippen LogP contribution in [0.1, 0.15) is 18.6 Å². The van der Waals surface area contributed by atoms with Crippen LogP contribution < -0.4 is 0 Å². The van der Waals surface area contributed by atoms with Crippen molar-refractivity contribution in [3.8, 4) is 0 Å². The number of carbonyl (C=O) groups is 1. The Hall–Kier alpha value is -2.13. The van der Waals surface area contributed by atoms with Crippen molar-refractivity contribution < 1.29 is 33.4 Å². The van der Waals surface area contributed by atoms with Crippen LogP contribution in [0.4, 0.5) is 14.5 Å². The summed E-state index contributed by atoms with van der Waals surface area (Å²) in [5.74, 6) is -4.18. The van der Waals surface area contributed by atoms with Crippen molar-refractivity contribution in [3.05, 3.63) is 39.4 Å². The number of aliphatic hydroxyl groups excluding tert-OH is 2. The second-order valence-corrected chi connectivity index (χ2v) is 3.72. The summed E-state index contributed by atoms with van der Waals surface area (Å²) in [6, 6.07) is 0.604. The largest absolute Gasteiger partial charge is 0.464 e. The highest BCUT2D eigenvalue weighted by atomic mass is 19.2. The molecule has 1 aromatic carbocycles. The van der Waals surface area contributed by atoms with Crippen molar-refractivity contribution in [2.24, 2.45) is 0 Å². The zero-order chi connectivity index (χ0) is 15.4. The lowest BCUT2D eigenvalue weighted by Gasteiger charge is -2.16. The Morgan fingerprint density at radius 3 is 2.45 bits per heavy atom. The number of nitro benzene ring substituents is 1. The molecule has 0 spiro atoms. The number of halogens is 2. The van der Waals surface area contributed by atoms with E-state index in [2.05, 4.69) is 4.74 Å². The second kappa shape index (κ2) is 6.35. The van der Waals surface area contributed by atoms with E-state index >= 15 is 0 Å². The molecular weight excluding hydrogens is 280 g/mol. The normalized spacial score (nSPS) is 13.7. The molecule has 2 unspecified atom stereocenters. The molecule has 20 heavy (non-hydrogen) atoms. The molecule has 1 aromatic rings. The standard InChI is InChI=1S/C11H11F2NO6/c1-2-20-11(17)10(16)9(15)5-3-6(12)7(13)4-8(5)14(18)19/h3-4,9-10,15-16H,2H2,1H3. The van der Waals surface area contributed by atoms with Gasteiger partial charge in [0.1, 0.15) is 6.10 Å². The topological polar surface area (TPSA) is 110 Å². The van der Waals surface area contributed by atoms with Crippen molar-refractivity contribution in [1.82, 2.24) is 0 Å². The van der Waals surface area contributed by atoms with Gasteiger partial charge in [0.25, 0.3) is 5.69 Å². The quantitative estimate of drug-likeness (QED) is 0.472. The molecule has 0 aromatic heterocycles. The fraction of sp³-hybridized carbons (Fsp3) is 0.364. The molecule has 0 saturated carbocycles. The smallest absolute Gasteiger partial charge is 0.338 e. The van der Waals surface area contributed by atoms with Gasteiger partial charge < -0.3 is 14.9 Å². The Balaban J connectivity index is 3.20. The number of esters is 1. The third-order valence-electron chi connectivity index (χ3n) is 2.41. The van der Waals surface area contributed by atoms with Gasteiger partial charge in [0.05, 0.1) is 23.2 Å². The molecule has 0 heterocycles. The molecular formula is C11H11F2NO6. The summed E-state index contributed by atoms with van der Waals surface area (Å²) in [7, 11) is 0. The molecule has 9 heteroatoms. The maximum absolute atomic E-state index is 13.1. The van der Waals surface area contributed by atoms with Crippen molar-refractivity contribution in [2.45, 2.75) is 19.1 Å². The summed E-state index contributed by atoms with van der Waals surface area (Å²) in [4.78, 5) is 20.9. The van der Waals surface area contributed by atoms with E-state index in [0.717, 1.165) is 0 Å². The predicted octanol–water partition coefficient (Wildman–Crippen LogP) is 0.830. The van der Waals surface area contributed by atoms with Crippen LogP contribution >= 0.6 is 0 Å². The van der Waals surface area contributed by atoms with Crippen LogP contribution in [0.3, 0.4) is 0 Å². The van der Waals surface area contributed by atoms with E-state index < -0.39 is 46.0 Å². The Morgan fingerprint density at radius 2 is 1.95 bits per heavy atom. The van der Waals surface area contributed by atoms with E-state index in [1.165, 1.54) is 6.92 Å². The van der Waals surface area contributed by atoms with Gasteiger partial charge in [0.2, 0.25) is 0 Å². The number of rotatable bonds is 5. The predicted molar refractivity (Wildman–Crippen MR) is 60.6 cm³/mol. The minimum absolute atomic E-state index is 0.0948. The van der Waals surface area contributed by atoms with Gasteiger partial charge in [0.15, 0.2) is 17.7 Å². The summed E-state index contributed by atoms with van der Waals surface area (Å²) in [5, 5.41) is 29.9. The Bertz CT molecular complexity index is 536. The van der Waals surface area contributed by atoms with Gasteiger partial charge in [-0.25, -0.2) is 13.6 Å². The van der Waals surface area contributed by atoms with Crippen LogP contribution in [-0.4, -0.2) is 33.8 Å². The summed E-state index contributed by atoms with van der Waals surface area (Å²) < 4.78 is 30.5. The van der Waals surface area contributed by atoms with Crippen molar-refractivity contribution in [3.63, 3.8) is 0 Å². The number of hydrogen-bond acceptors (Lipinski definition) is 6. The molecule has 7 nitrogen and oxygen atoms in total. The van der Waals surface area contributed by atoms with Gasteiger partial charge in [-0.1, -0.05) is 0 Å². The minimum atomic E-state index is -2.15. The molecule has 2 N–H and O–H groups in total. The van der Waals surface area contributed by atoms with Gasteiger partial charge in [0, 0.05) is 0 Å². The molecule has 0 aliphatic rings. The zero-order valence-electron chi connectivity index (χ0n) is 10.2. The molecule has 1 rings (SSSR count). The zero-order valence-corrected chi connectivity index (χ0v) is 10.2. The molecule has 110 valence electrons. The molecule has 0 fully saturated rings. The molecule has 0 saturated heterocycles. The number of ether oxygens (including phenoxy) is 1. The van der Waals surface area contributed by atoms with Crippen LogP contribution in [0.25, 0.3) is 0 Å². The van der Waals surface area contributed by atoms with Crippen LogP contribution in [0.2, 0.25) is 0 Å². The van der Waals surface area contributed by atoms with Crippen molar-refractivity contribution >= 4 is 11.7 Å². The van der Waals surface area contributed by atoms with E-state index in [1.807, 2.05) is 0 Å². The molecule has 0 aliphatic carbocycles. The summed E-state index contributed by atoms with van der Waals surface area (Å²) in [6.45, 7) is 1.35. The third-order valence-corrected chi connectivity index (χ3v) is 2.41. The number of nitro groups is 1. The summed E-state index contributed by atoms with van der Waals surface area (Å²) >= 11 is 0. The van der Waals surface area contributed by atoms with E-state index in [0.29, 0.717) is 6.07 Å². The molecule has 0 aliphatic heterocycles. The molecule has 0 bridgehead atoms. The number of hydrogen-bond donors (Lipinski definition) is 2. The Labute approximate surface area is 111 Å². The maximum Gasteiger partial charge on any atom is 0.338 e. The third kappa shape index (κ3) is 3.25. The lowest BCUT2D eigenvalue weighted by Crippen LogP contribution is -2.30. The van der Waals surface area contributed by atoms with E-state index in [-0.39, 0.29) is 12.7 Å². The van der Waals surface area contributed by atoms with Gasteiger partial charge in [-0.05, 0) is 13.0 Å². The maximum atomic E-state index is 13.1. The average Bonchev–Trinajstić information content (AvgIpc) is 2.39. The van der Waals surface area contributed by atoms with Gasteiger partial charge in [-0.2, -0.15) is 0 Å². The lowest BCUT2D eigenvalue weighted by molar-refractivity contribution is -0.386. The highest BCUT2D eigenvalue weighted by Crippen LogP contribution is 2.30. The van der Waals surface area contributed by atoms with Gasteiger partial charge in [-0.3, -0.25) is 10.1 Å². The first-order valence-electron chi connectivity index (χ1n) is 5.45. The summed E-state index contributed by atoms with van der Waals surface area (Å²) in [5.41, 5.74) is -1.69. The van der Waals surface area contributed by atoms with E-state index in [9.17, 15) is 33.9 Å². The van der Waals surface area contributed by atoms with Gasteiger partial charge >= 0.3 is 5.97 Å². The van der Waals surface area contributed by atoms with Crippen LogP contribution in [0.5, 0.6) is 0 Å². The highest BCUT2D eigenvalue weighted by molar-refractivity contribution is 5.75. The van der Waals surface area contributed by atoms with Gasteiger partial charge in [-0.15, -0.1) is 0 Å². The number of aliphatic hydroxyl groups is 2. The lowest BCUT2D eigenvalue weighted by atomic mass is 10.0. The number of benzene rings is 1. The first kappa shape index (κ1) is 15.9.